The second-order valence-electron chi connectivity index (χ2n) is 12.4. The molecule has 3 aromatic carbocycles. The van der Waals surface area contributed by atoms with Gasteiger partial charge in [0, 0.05) is 24.1 Å². The lowest BCUT2D eigenvalue weighted by Crippen LogP contribution is -2.36. The molecule has 0 fully saturated rings. The van der Waals surface area contributed by atoms with E-state index in [-0.39, 0.29) is 24.0 Å². The molecule has 4 nitrogen and oxygen atoms in total. The largest absolute Gasteiger partial charge is 0.508 e. The topological polar surface area (TPSA) is 61.7 Å². The van der Waals surface area contributed by atoms with E-state index in [1.54, 1.807) is 30.3 Å². The van der Waals surface area contributed by atoms with Crippen LogP contribution in [0.3, 0.4) is 0 Å². The SMILES string of the molecule is CC1=C(c2cccc(O)c2)C(c2ccc(/C=C\CNCCCCCCCCCSCCCC(F)(F)C(F)(F)F)cc2)Oc2ccc(O)cc21. The molecule has 1 unspecified atom stereocenters. The summed E-state index contributed by atoms with van der Waals surface area (Å²) in [5.41, 5.74) is 5.66. The molecule has 4 rings (SSSR count). The van der Waals surface area contributed by atoms with Gasteiger partial charge in [0.25, 0.3) is 0 Å². The van der Waals surface area contributed by atoms with Crippen molar-refractivity contribution in [3.8, 4) is 17.2 Å². The lowest BCUT2D eigenvalue weighted by atomic mass is 9.86. The molecule has 266 valence electrons. The van der Waals surface area contributed by atoms with E-state index in [1.165, 1.54) is 11.8 Å². The van der Waals surface area contributed by atoms with E-state index in [1.807, 2.05) is 19.1 Å². The third-order valence-corrected chi connectivity index (χ3v) is 9.74. The zero-order valence-corrected chi connectivity index (χ0v) is 28.7. The molecule has 49 heavy (non-hydrogen) atoms. The predicted octanol–water partition coefficient (Wildman–Crippen LogP) is 11.2. The monoisotopic (exact) mass is 703 g/mol. The molecule has 3 N–H and O–H groups in total. The van der Waals surface area contributed by atoms with E-state index < -0.39 is 18.5 Å². The lowest BCUT2D eigenvalue weighted by molar-refractivity contribution is -0.284. The Balaban J connectivity index is 1.11. The average Bonchev–Trinajstić information content (AvgIpc) is 3.06. The molecule has 1 atom stereocenters. The zero-order valence-electron chi connectivity index (χ0n) is 27.9. The molecule has 0 aliphatic carbocycles. The summed E-state index contributed by atoms with van der Waals surface area (Å²) in [6.45, 7) is 3.72. The molecule has 10 heteroatoms. The predicted molar refractivity (Wildman–Crippen MR) is 190 cm³/mol. The van der Waals surface area contributed by atoms with Crippen molar-refractivity contribution < 1.29 is 36.9 Å². The summed E-state index contributed by atoms with van der Waals surface area (Å²) >= 11 is 1.45. The number of phenolic OH excluding ortho intramolecular Hbond substituents is 2. The molecule has 0 saturated heterocycles. The van der Waals surface area contributed by atoms with Crippen molar-refractivity contribution in [3.05, 3.63) is 95.1 Å². The van der Waals surface area contributed by atoms with Gasteiger partial charge in [-0.2, -0.15) is 33.7 Å². The fraction of sp³-hybridized carbons (Fsp3) is 0.436. The molecular formula is C39H46F5NO3S. The molecule has 1 aliphatic heterocycles. The van der Waals surface area contributed by atoms with E-state index in [0.717, 1.165) is 97.2 Å². The number of phenols is 2. The molecule has 0 saturated carbocycles. The highest BCUT2D eigenvalue weighted by molar-refractivity contribution is 7.99. The molecule has 0 radical (unpaired) electrons. The first-order valence-electron chi connectivity index (χ1n) is 17.0. The van der Waals surface area contributed by atoms with Crippen LogP contribution < -0.4 is 10.1 Å². The van der Waals surface area contributed by atoms with Crippen LogP contribution in [0.1, 0.15) is 93.1 Å². The van der Waals surface area contributed by atoms with Gasteiger partial charge in [-0.3, -0.25) is 0 Å². The van der Waals surface area contributed by atoms with E-state index >= 15 is 0 Å². The van der Waals surface area contributed by atoms with Crippen molar-refractivity contribution in [1.82, 2.24) is 5.32 Å². The van der Waals surface area contributed by atoms with Crippen LogP contribution in [0.5, 0.6) is 17.2 Å². The van der Waals surface area contributed by atoms with Gasteiger partial charge in [-0.25, -0.2) is 0 Å². The number of ether oxygens (including phenoxy) is 1. The summed E-state index contributed by atoms with van der Waals surface area (Å²) in [7, 11) is 0. The van der Waals surface area contributed by atoms with Crippen LogP contribution in [0.4, 0.5) is 22.0 Å². The van der Waals surface area contributed by atoms with Gasteiger partial charge < -0.3 is 20.3 Å². The number of allylic oxidation sites excluding steroid dienone is 1. The Kier molecular flexibility index (Phi) is 14.4. The fourth-order valence-electron chi connectivity index (χ4n) is 5.86. The maximum Gasteiger partial charge on any atom is 0.453 e. The third-order valence-electron chi connectivity index (χ3n) is 8.58. The molecule has 1 aliphatic rings. The van der Waals surface area contributed by atoms with Crippen molar-refractivity contribution in [2.75, 3.05) is 24.6 Å². The van der Waals surface area contributed by atoms with Crippen LogP contribution in [0, 0.1) is 0 Å². The number of alkyl halides is 5. The standard InChI is InChI=1S/C39H46F5NO3S/c1-28-34-27-33(47)19-20-35(34)48-37(36(28)31-13-9-14-32(46)26-31)30-17-15-29(16-18-30)12-10-23-45-22-7-5-3-2-4-6-8-24-49-25-11-21-38(40,41)39(42,43)44/h9-10,12-20,26-27,37,45-47H,2-8,11,21-25H2,1H3/b12-10-. The summed E-state index contributed by atoms with van der Waals surface area (Å²) in [5, 5.41) is 23.7. The Labute approximate surface area is 290 Å². The first-order valence-corrected chi connectivity index (χ1v) is 18.1. The van der Waals surface area contributed by atoms with Crippen LogP contribution in [-0.4, -0.2) is 46.9 Å². The van der Waals surface area contributed by atoms with Gasteiger partial charge in [0.2, 0.25) is 0 Å². The second kappa shape index (κ2) is 18.5. The van der Waals surface area contributed by atoms with Gasteiger partial charge in [0.1, 0.15) is 23.4 Å². The molecule has 1 heterocycles. The maximum absolute atomic E-state index is 12.9. The van der Waals surface area contributed by atoms with Crippen molar-refractivity contribution in [2.24, 2.45) is 0 Å². The summed E-state index contributed by atoms with van der Waals surface area (Å²) < 4.78 is 68.7. The molecule has 0 spiro atoms. The minimum absolute atomic E-state index is 0.128. The number of benzene rings is 3. The molecule has 0 bridgehead atoms. The van der Waals surface area contributed by atoms with Crippen LogP contribution in [-0.2, 0) is 0 Å². The second-order valence-corrected chi connectivity index (χ2v) is 13.7. The third kappa shape index (κ3) is 11.5. The number of fused-ring (bicyclic) bond motifs is 1. The van der Waals surface area contributed by atoms with Crippen molar-refractivity contribution in [1.29, 1.82) is 0 Å². The molecule has 0 amide bonds. The minimum Gasteiger partial charge on any atom is -0.508 e. The Bertz CT molecular complexity index is 1540. The molecule has 0 aromatic heterocycles. The van der Waals surface area contributed by atoms with Gasteiger partial charge in [-0.15, -0.1) is 0 Å². The fourth-order valence-corrected chi connectivity index (χ4v) is 6.82. The minimum atomic E-state index is -5.45. The number of aromatic hydroxyl groups is 2. The quantitative estimate of drug-likeness (QED) is 0.0857. The van der Waals surface area contributed by atoms with Gasteiger partial charge >= 0.3 is 12.1 Å². The lowest BCUT2D eigenvalue weighted by Gasteiger charge is -2.31. The Morgan fingerprint density at radius 2 is 1.47 bits per heavy atom. The van der Waals surface area contributed by atoms with Crippen molar-refractivity contribution in [3.63, 3.8) is 0 Å². The van der Waals surface area contributed by atoms with E-state index in [2.05, 4.69) is 41.7 Å². The molecule has 3 aromatic rings. The van der Waals surface area contributed by atoms with E-state index in [4.69, 9.17) is 4.74 Å². The normalized spacial score (nSPS) is 15.1. The summed E-state index contributed by atoms with van der Waals surface area (Å²) in [5.74, 6) is -2.40. The van der Waals surface area contributed by atoms with Crippen LogP contribution in [0.15, 0.2) is 72.8 Å². The van der Waals surface area contributed by atoms with Crippen molar-refractivity contribution >= 4 is 29.0 Å². The Hall–Kier alpha value is -3.50. The summed E-state index contributed by atoms with van der Waals surface area (Å²) in [6.07, 6.45) is 4.78. The van der Waals surface area contributed by atoms with Crippen molar-refractivity contribution in [2.45, 2.75) is 82.9 Å². The highest BCUT2D eigenvalue weighted by atomic mass is 32.2. The number of hydrogen-bond acceptors (Lipinski definition) is 5. The van der Waals surface area contributed by atoms with Crippen LogP contribution in [0.2, 0.25) is 0 Å². The first-order chi connectivity index (χ1) is 23.5. The number of hydrogen-bond donors (Lipinski definition) is 3. The maximum atomic E-state index is 12.9. The number of unbranched alkanes of at least 4 members (excludes halogenated alkanes) is 6. The number of thioether (sulfide) groups is 1. The van der Waals surface area contributed by atoms with Crippen LogP contribution in [0.25, 0.3) is 17.2 Å². The number of halogens is 5. The van der Waals surface area contributed by atoms with E-state index in [0.29, 0.717) is 11.5 Å². The summed E-state index contributed by atoms with van der Waals surface area (Å²) in [4.78, 5) is 0. The van der Waals surface area contributed by atoms with Gasteiger partial charge in [0.05, 0.1) is 0 Å². The Morgan fingerprint density at radius 1 is 0.796 bits per heavy atom. The first kappa shape index (κ1) is 38.3. The Morgan fingerprint density at radius 3 is 2.18 bits per heavy atom. The smallest absolute Gasteiger partial charge is 0.453 e. The highest BCUT2D eigenvalue weighted by Crippen LogP contribution is 2.47. The van der Waals surface area contributed by atoms with E-state index in [9.17, 15) is 32.2 Å². The van der Waals surface area contributed by atoms with Gasteiger partial charge in [-0.1, -0.05) is 80.7 Å². The highest BCUT2D eigenvalue weighted by Gasteiger charge is 2.56. The average molecular weight is 704 g/mol. The number of rotatable bonds is 19. The molecular weight excluding hydrogens is 657 g/mol. The van der Waals surface area contributed by atoms with Gasteiger partial charge in [-0.05, 0) is 96.8 Å². The summed E-state index contributed by atoms with van der Waals surface area (Å²) in [6, 6.07) is 20.5. The van der Waals surface area contributed by atoms with Gasteiger partial charge in [0.15, 0.2) is 0 Å². The number of nitrogens with one attached hydrogen (secondary N) is 1. The van der Waals surface area contributed by atoms with Crippen LogP contribution >= 0.6 is 11.8 Å². The zero-order chi connectivity index (χ0) is 35.3.